The lowest BCUT2D eigenvalue weighted by Gasteiger charge is -2.18. The second-order valence-electron chi connectivity index (χ2n) is 6.32. The molecule has 5 nitrogen and oxygen atoms in total. The summed E-state index contributed by atoms with van der Waals surface area (Å²) < 4.78 is 7.61. The van der Waals surface area contributed by atoms with Crippen molar-refractivity contribution in [3.8, 4) is 5.75 Å². The first-order valence-electron chi connectivity index (χ1n) is 9.23. The van der Waals surface area contributed by atoms with Crippen LogP contribution in [0.4, 0.5) is 0 Å². The third-order valence-electron chi connectivity index (χ3n) is 4.59. The number of carbonyl (C=O) groups is 1. The Balaban J connectivity index is 1.64. The van der Waals surface area contributed by atoms with Crippen LogP contribution in [0.15, 0.2) is 72.4 Å². The molecule has 0 spiro atoms. The van der Waals surface area contributed by atoms with Gasteiger partial charge in [-0.2, -0.15) is 5.10 Å². The van der Waals surface area contributed by atoms with E-state index < -0.39 is 0 Å². The average molecular weight is 391 g/mol. The van der Waals surface area contributed by atoms with Crippen LogP contribution in [0.1, 0.15) is 28.2 Å². The molecular weight excluding hydrogens is 370 g/mol. The van der Waals surface area contributed by atoms with Crippen LogP contribution in [0.5, 0.6) is 5.75 Å². The fraction of sp³-hybridized carbons (Fsp3) is 0.182. The standard InChI is InChI=1S/C22H21N3O2S/c1-2-27-19-11-10-16-7-3-4-8-17(16)21(19)22(26)23-15-18(20-9-5-14-28-20)25-13-6-12-24-25/h3-14,18H,2,15H2,1H3,(H,23,26). The number of aromatic nitrogens is 2. The smallest absolute Gasteiger partial charge is 0.255 e. The van der Waals surface area contributed by atoms with Gasteiger partial charge in [0.1, 0.15) is 11.8 Å². The van der Waals surface area contributed by atoms with Crippen molar-refractivity contribution in [2.75, 3.05) is 13.2 Å². The van der Waals surface area contributed by atoms with Gasteiger partial charge in [0.05, 0.1) is 12.2 Å². The van der Waals surface area contributed by atoms with Crippen molar-refractivity contribution in [2.45, 2.75) is 13.0 Å². The summed E-state index contributed by atoms with van der Waals surface area (Å²) in [5.74, 6) is 0.458. The van der Waals surface area contributed by atoms with Crippen molar-refractivity contribution in [1.29, 1.82) is 0 Å². The van der Waals surface area contributed by atoms with Crippen molar-refractivity contribution < 1.29 is 9.53 Å². The number of carbonyl (C=O) groups excluding carboxylic acids is 1. The van der Waals surface area contributed by atoms with E-state index >= 15 is 0 Å². The highest BCUT2D eigenvalue weighted by Gasteiger charge is 2.20. The highest BCUT2D eigenvalue weighted by molar-refractivity contribution is 7.10. The van der Waals surface area contributed by atoms with Gasteiger partial charge in [0, 0.05) is 23.8 Å². The molecule has 1 N–H and O–H groups in total. The van der Waals surface area contributed by atoms with Crippen LogP contribution >= 0.6 is 11.3 Å². The minimum Gasteiger partial charge on any atom is -0.493 e. The molecule has 0 radical (unpaired) electrons. The SMILES string of the molecule is CCOc1ccc2ccccc2c1C(=O)NCC(c1cccs1)n1cccn1. The molecule has 6 heteroatoms. The second-order valence-corrected chi connectivity index (χ2v) is 7.30. The van der Waals surface area contributed by atoms with Crippen LogP contribution in [0, 0.1) is 0 Å². The summed E-state index contributed by atoms with van der Waals surface area (Å²) >= 11 is 1.65. The van der Waals surface area contributed by atoms with E-state index in [1.807, 2.05) is 71.7 Å². The number of ether oxygens (including phenoxy) is 1. The van der Waals surface area contributed by atoms with E-state index in [9.17, 15) is 4.79 Å². The summed E-state index contributed by atoms with van der Waals surface area (Å²) in [5.41, 5.74) is 0.574. The summed E-state index contributed by atoms with van der Waals surface area (Å²) in [5, 5.41) is 11.4. The molecular formula is C22H21N3O2S. The Labute approximate surface area is 167 Å². The van der Waals surface area contributed by atoms with Crippen molar-refractivity contribution in [2.24, 2.45) is 0 Å². The molecule has 4 aromatic rings. The van der Waals surface area contributed by atoms with Crippen molar-refractivity contribution >= 4 is 28.0 Å². The third kappa shape index (κ3) is 3.64. The lowest BCUT2D eigenvalue weighted by atomic mass is 10.0. The largest absolute Gasteiger partial charge is 0.493 e. The maximum absolute atomic E-state index is 13.2. The van der Waals surface area contributed by atoms with Gasteiger partial charge in [-0.15, -0.1) is 11.3 Å². The van der Waals surface area contributed by atoms with E-state index in [4.69, 9.17) is 4.74 Å². The van der Waals surface area contributed by atoms with E-state index in [1.54, 1.807) is 17.5 Å². The molecule has 0 bridgehead atoms. The van der Waals surface area contributed by atoms with Crippen molar-refractivity contribution in [1.82, 2.24) is 15.1 Å². The molecule has 142 valence electrons. The van der Waals surface area contributed by atoms with E-state index in [0.29, 0.717) is 24.5 Å². The predicted octanol–water partition coefficient (Wildman–Crippen LogP) is 4.52. The molecule has 2 aromatic carbocycles. The molecule has 2 heterocycles. The monoisotopic (exact) mass is 391 g/mol. The van der Waals surface area contributed by atoms with E-state index in [-0.39, 0.29) is 11.9 Å². The normalized spacial score (nSPS) is 12.0. The number of rotatable bonds is 7. The van der Waals surface area contributed by atoms with Gasteiger partial charge in [-0.25, -0.2) is 0 Å². The Bertz CT molecular complexity index is 1020. The van der Waals surface area contributed by atoms with Crippen LogP contribution in [0.3, 0.4) is 0 Å². The summed E-state index contributed by atoms with van der Waals surface area (Å²) in [6.07, 6.45) is 3.67. The molecule has 0 aliphatic heterocycles. The Morgan fingerprint density at radius 2 is 2.07 bits per heavy atom. The number of nitrogens with one attached hydrogen (secondary N) is 1. The molecule has 28 heavy (non-hydrogen) atoms. The highest BCUT2D eigenvalue weighted by atomic mass is 32.1. The molecule has 1 unspecified atom stereocenters. The molecule has 0 aliphatic rings. The third-order valence-corrected chi connectivity index (χ3v) is 5.56. The number of hydrogen-bond donors (Lipinski definition) is 1. The average Bonchev–Trinajstić information content (AvgIpc) is 3.43. The van der Waals surface area contributed by atoms with E-state index in [0.717, 1.165) is 15.6 Å². The van der Waals surface area contributed by atoms with Crippen LogP contribution in [0.25, 0.3) is 10.8 Å². The first kappa shape index (κ1) is 18.3. The summed E-state index contributed by atoms with van der Waals surface area (Å²) in [6, 6.07) is 17.6. The number of fused-ring (bicyclic) bond motifs is 1. The fourth-order valence-electron chi connectivity index (χ4n) is 3.31. The van der Waals surface area contributed by atoms with Gasteiger partial charge in [-0.05, 0) is 41.3 Å². The van der Waals surface area contributed by atoms with Crippen LogP contribution in [0.2, 0.25) is 0 Å². The first-order chi connectivity index (χ1) is 13.8. The van der Waals surface area contributed by atoms with E-state index in [1.165, 1.54) is 0 Å². The zero-order chi connectivity index (χ0) is 19.3. The topological polar surface area (TPSA) is 56.1 Å². The maximum Gasteiger partial charge on any atom is 0.255 e. The van der Waals surface area contributed by atoms with Crippen LogP contribution in [-0.4, -0.2) is 28.8 Å². The summed E-state index contributed by atoms with van der Waals surface area (Å²) in [6.45, 7) is 2.86. The Kier molecular flexibility index (Phi) is 5.39. The lowest BCUT2D eigenvalue weighted by molar-refractivity contribution is 0.0947. The van der Waals surface area contributed by atoms with Crippen molar-refractivity contribution in [3.63, 3.8) is 0 Å². The number of hydrogen-bond acceptors (Lipinski definition) is 4. The predicted molar refractivity (Wildman–Crippen MR) is 112 cm³/mol. The van der Waals surface area contributed by atoms with Gasteiger partial charge in [0.2, 0.25) is 0 Å². The molecule has 2 aromatic heterocycles. The van der Waals surface area contributed by atoms with Gasteiger partial charge in [-0.1, -0.05) is 36.4 Å². The minimum absolute atomic E-state index is 0.0514. The number of nitrogens with zero attached hydrogens (tertiary/aromatic N) is 2. The minimum atomic E-state index is -0.144. The first-order valence-corrected chi connectivity index (χ1v) is 10.1. The van der Waals surface area contributed by atoms with Gasteiger partial charge < -0.3 is 10.1 Å². The molecule has 1 amide bonds. The summed E-state index contributed by atoms with van der Waals surface area (Å²) in [7, 11) is 0. The second kappa shape index (κ2) is 8.27. The Morgan fingerprint density at radius 1 is 1.18 bits per heavy atom. The van der Waals surface area contributed by atoms with Gasteiger partial charge in [0.15, 0.2) is 0 Å². The van der Waals surface area contributed by atoms with Gasteiger partial charge in [-0.3, -0.25) is 9.48 Å². The quantitative estimate of drug-likeness (QED) is 0.504. The molecule has 0 saturated heterocycles. The fourth-order valence-corrected chi connectivity index (χ4v) is 4.13. The molecule has 0 aliphatic carbocycles. The Morgan fingerprint density at radius 3 is 2.82 bits per heavy atom. The zero-order valence-corrected chi connectivity index (χ0v) is 16.4. The molecule has 0 fully saturated rings. The zero-order valence-electron chi connectivity index (χ0n) is 15.5. The number of thiophene rings is 1. The number of benzene rings is 2. The van der Waals surface area contributed by atoms with Gasteiger partial charge >= 0.3 is 0 Å². The maximum atomic E-state index is 13.2. The highest BCUT2D eigenvalue weighted by Crippen LogP contribution is 2.29. The summed E-state index contributed by atoms with van der Waals surface area (Å²) in [4.78, 5) is 14.3. The van der Waals surface area contributed by atoms with E-state index in [2.05, 4.69) is 16.5 Å². The van der Waals surface area contributed by atoms with Gasteiger partial charge in [0.25, 0.3) is 5.91 Å². The van der Waals surface area contributed by atoms with Crippen LogP contribution < -0.4 is 10.1 Å². The molecule has 1 atom stereocenters. The van der Waals surface area contributed by atoms with Crippen LogP contribution in [-0.2, 0) is 0 Å². The Hall–Kier alpha value is -3.12. The number of amides is 1. The van der Waals surface area contributed by atoms with Crippen molar-refractivity contribution in [3.05, 3.63) is 82.8 Å². The molecule has 0 saturated carbocycles. The lowest BCUT2D eigenvalue weighted by Crippen LogP contribution is -2.31. The molecule has 4 rings (SSSR count).